The molecule has 3 aromatic heterocycles. The lowest BCUT2D eigenvalue weighted by Gasteiger charge is -2.10. The van der Waals surface area contributed by atoms with Crippen molar-refractivity contribution >= 4 is 52.4 Å². The predicted molar refractivity (Wildman–Crippen MR) is 124 cm³/mol. The molecule has 0 unspecified atom stereocenters. The molecule has 0 spiro atoms. The van der Waals surface area contributed by atoms with E-state index in [4.69, 9.17) is 4.74 Å². The Bertz CT molecular complexity index is 1270. The van der Waals surface area contributed by atoms with Gasteiger partial charge in [0.2, 0.25) is 5.13 Å². The first-order valence-corrected chi connectivity index (χ1v) is 11.9. The quantitative estimate of drug-likeness (QED) is 0.342. The molecular weight excluding hydrogens is 482 g/mol. The van der Waals surface area contributed by atoms with Gasteiger partial charge >= 0.3 is 0 Å². The van der Waals surface area contributed by atoms with Crippen LogP contribution in [0.3, 0.4) is 0 Å². The molecule has 33 heavy (non-hydrogen) atoms. The number of aryl methyl sites for hydroxylation is 2. The molecule has 0 atom stereocenters. The molecule has 0 aliphatic carbocycles. The number of ether oxygens (including phenoxy) is 1. The van der Waals surface area contributed by atoms with Gasteiger partial charge in [-0.3, -0.25) is 14.9 Å². The number of nitrogens with zero attached hydrogens (tertiary/aromatic N) is 6. The van der Waals surface area contributed by atoms with Crippen molar-refractivity contribution in [3.05, 3.63) is 54.2 Å². The highest BCUT2D eigenvalue weighted by Gasteiger charge is 2.18. The van der Waals surface area contributed by atoms with Crippen molar-refractivity contribution in [1.29, 1.82) is 0 Å². The number of pyridine rings is 1. The maximum absolute atomic E-state index is 13.1. The molecule has 0 radical (unpaired) electrons. The molecule has 0 saturated carbocycles. The average Bonchev–Trinajstić information content (AvgIpc) is 3.41. The number of carbonyl (C=O) groups is 2. The lowest BCUT2D eigenvalue weighted by molar-refractivity contribution is -0.109. The van der Waals surface area contributed by atoms with Gasteiger partial charge in [-0.2, -0.15) is 4.37 Å². The first-order chi connectivity index (χ1) is 16.0. The fourth-order valence-corrected chi connectivity index (χ4v) is 4.76. The van der Waals surface area contributed by atoms with Crippen molar-refractivity contribution in [3.8, 4) is 5.75 Å². The smallest absolute Gasteiger partial charge is 0.277 e. The standard InChI is InChI=1S/C20H17N7O3S3/c1-12-22-19(33-26-12)24-18(29)17-15(31-14-5-3-13(4-6-14)30-10-9-28)7-8-16(23-17)32-20-25-21-11-27(20)2/h3-9,11H,10H2,1-2H3,(H,22,24,26,29). The number of anilines is 1. The fraction of sp³-hybridized carbons (Fsp3) is 0.150. The monoisotopic (exact) mass is 499 g/mol. The predicted octanol–water partition coefficient (Wildman–Crippen LogP) is 3.50. The maximum Gasteiger partial charge on any atom is 0.277 e. The average molecular weight is 500 g/mol. The van der Waals surface area contributed by atoms with Crippen LogP contribution >= 0.6 is 35.1 Å². The molecule has 1 N–H and O–H groups in total. The number of aldehydes is 1. The largest absolute Gasteiger partial charge is 0.486 e. The van der Waals surface area contributed by atoms with Crippen LogP contribution in [0.2, 0.25) is 0 Å². The third-order valence-electron chi connectivity index (χ3n) is 4.03. The molecule has 1 aromatic carbocycles. The van der Waals surface area contributed by atoms with E-state index in [0.717, 1.165) is 16.4 Å². The number of nitrogens with one attached hydrogen (secondary N) is 1. The highest BCUT2D eigenvalue weighted by molar-refractivity contribution is 7.99. The van der Waals surface area contributed by atoms with Gasteiger partial charge in [-0.15, -0.1) is 10.2 Å². The summed E-state index contributed by atoms with van der Waals surface area (Å²) in [4.78, 5) is 33.9. The van der Waals surface area contributed by atoms with Gasteiger partial charge in [0.1, 0.15) is 35.2 Å². The van der Waals surface area contributed by atoms with Crippen LogP contribution in [-0.2, 0) is 11.8 Å². The van der Waals surface area contributed by atoms with E-state index in [1.54, 1.807) is 30.0 Å². The van der Waals surface area contributed by atoms with E-state index >= 15 is 0 Å². The van der Waals surface area contributed by atoms with E-state index < -0.39 is 0 Å². The van der Waals surface area contributed by atoms with Gasteiger partial charge in [0.05, 0.1) is 0 Å². The van der Waals surface area contributed by atoms with Gasteiger partial charge in [0.15, 0.2) is 11.4 Å². The lowest BCUT2D eigenvalue weighted by Crippen LogP contribution is -2.15. The van der Waals surface area contributed by atoms with E-state index in [-0.39, 0.29) is 18.2 Å². The SMILES string of the molecule is Cc1nsc(NC(=O)c2nc(Sc3nncn3C)ccc2Sc2ccc(OCC=O)cc2)n1. The number of aromatic nitrogens is 6. The Balaban J connectivity index is 1.60. The summed E-state index contributed by atoms with van der Waals surface area (Å²) >= 11 is 3.80. The molecule has 0 aliphatic rings. The first kappa shape index (κ1) is 22.9. The zero-order chi connectivity index (χ0) is 23.2. The summed E-state index contributed by atoms with van der Waals surface area (Å²) in [5.74, 6) is 0.783. The number of hydrogen-bond acceptors (Lipinski definition) is 11. The Morgan fingerprint density at radius 3 is 2.67 bits per heavy atom. The summed E-state index contributed by atoms with van der Waals surface area (Å²) in [6.07, 6.45) is 2.29. The number of amides is 1. The van der Waals surface area contributed by atoms with E-state index in [0.29, 0.717) is 38.1 Å². The van der Waals surface area contributed by atoms with Crippen LogP contribution in [0.4, 0.5) is 5.13 Å². The topological polar surface area (TPSA) is 125 Å². The van der Waals surface area contributed by atoms with Crippen LogP contribution in [0.15, 0.2) is 62.7 Å². The highest BCUT2D eigenvalue weighted by atomic mass is 32.2. The van der Waals surface area contributed by atoms with E-state index in [9.17, 15) is 9.59 Å². The van der Waals surface area contributed by atoms with Crippen LogP contribution < -0.4 is 10.1 Å². The van der Waals surface area contributed by atoms with Gasteiger partial charge in [-0.05, 0) is 55.1 Å². The molecule has 13 heteroatoms. The fourth-order valence-electron chi connectivity index (χ4n) is 2.55. The maximum atomic E-state index is 13.1. The minimum Gasteiger partial charge on any atom is -0.486 e. The van der Waals surface area contributed by atoms with Crippen molar-refractivity contribution in [2.45, 2.75) is 26.9 Å². The third-order valence-corrected chi connectivity index (χ3v) is 6.80. The summed E-state index contributed by atoms with van der Waals surface area (Å²) in [5.41, 5.74) is 0.251. The van der Waals surface area contributed by atoms with Gasteiger partial charge in [0.25, 0.3) is 5.91 Å². The molecule has 0 bridgehead atoms. The Morgan fingerprint density at radius 2 is 2.00 bits per heavy atom. The zero-order valence-corrected chi connectivity index (χ0v) is 19.9. The molecule has 0 fully saturated rings. The lowest BCUT2D eigenvalue weighted by atomic mass is 10.3. The van der Waals surface area contributed by atoms with Crippen LogP contribution in [0.25, 0.3) is 0 Å². The molecule has 0 saturated heterocycles. The molecule has 0 aliphatic heterocycles. The van der Waals surface area contributed by atoms with Crippen molar-refractivity contribution in [2.75, 3.05) is 11.9 Å². The van der Waals surface area contributed by atoms with E-state index in [1.807, 2.05) is 31.3 Å². The number of carbonyl (C=O) groups excluding carboxylic acids is 2. The number of rotatable bonds is 9. The molecule has 168 valence electrons. The Labute approximate surface area is 201 Å². The van der Waals surface area contributed by atoms with Crippen molar-refractivity contribution in [1.82, 2.24) is 29.1 Å². The van der Waals surface area contributed by atoms with Crippen LogP contribution in [0.5, 0.6) is 5.75 Å². The van der Waals surface area contributed by atoms with Gasteiger partial charge in [0, 0.05) is 28.4 Å². The molecule has 3 heterocycles. The van der Waals surface area contributed by atoms with E-state index in [1.165, 1.54) is 23.5 Å². The minimum atomic E-state index is -0.389. The van der Waals surface area contributed by atoms with Gasteiger partial charge in [-0.25, -0.2) is 9.97 Å². The van der Waals surface area contributed by atoms with Crippen molar-refractivity contribution < 1.29 is 14.3 Å². The van der Waals surface area contributed by atoms with Crippen LogP contribution in [0.1, 0.15) is 16.3 Å². The molecule has 4 aromatic rings. The summed E-state index contributed by atoms with van der Waals surface area (Å²) < 4.78 is 11.2. The van der Waals surface area contributed by atoms with Gasteiger partial charge in [-0.1, -0.05) is 11.8 Å². The zero-order valence-electron chi connectivity index (χ0n) is 17.5. The first-order valence-electron chi connectivity index (χ1n) is 9.50. The van der Waals surface area contributed by atoms with Crippen LogP contribution in [-0.4, -0.2) is 47.9 Å². The van der Waals surface area contributed by atoms with Crippen LogP contribution in [0, 0.1) is 6.92 Å². The number of benzene rings is 1. The van der Waals surface area contributed by atoms with E-state index in [2.05, 4.69) is 29.9 Å². The Hall–Kier alpha value is -3.29. The molecule has 4 rings (SSSR count). The molecular formula is C20H17N7O3S3. The second-order valence-corrected chi connectivity index (χ2v) is 9.33. The van der Waals surface area contributed by atoms with Crippen molar-refractivity contribution in [3.63, 3.8) is 0 Å². The Kier molecular flexibility index (Phi) is 7.32. The summed E-state index contributed by atoms with van der Waals surface area (Å²) in [7, 11) is 1.83. The second-order valence-electron chi connectivity index (χ2n) is 6.47. The Morgan fingerprint density at radius 1 is 1.18 bits per heavy atom. The van der Waals surface area contributed by atoms with Crippen molar-refractivity contribution in [2.24, 2.45) is 7.05 Å². The molecule has 10 nitrogen and oxygen atoms in total. The minimum absolute atomic E-state index is 0.00351. The second kappa shape index (κ2) is 10.6. The highest BCUT2D eigenvalue weighted by Crippen LogP contribution is 2.34. The third kappa shape index (κ3) is 5.94. The summed E-state index contributed by atoms with van der Waals surface area (Å²) in [5, 5.41) is 12.4. The number of hydrogen-bond donors (Lipinski definition) is 1. The summed E-state index contributed by atoms with van der Waals surface area (Å²) in [6, 6.07) is 10.9. The van der Waals surface area contributed by atoms with Gasteiger partial charge < -0.3 is 9.30 Å². The summed E-state index contributed by atoms with van der Waals surface area (Å²) in [6.45, 7) is 1.75. The molecule has 1 amide bonds. The normalized spacial score (nSPS) is 10.7.